The quantitative estimate of drug-likeness (QED) is 0.720. The Balaban J connectivity index is 1.66. The minimum atomic E-state index is 0.529. The number of hydrogen-bond donors (Lipinski definition) is 1. The Morgan fingerprint density at radius 1 is 0.952 bits per heavy atom. The van der Waals surface area contributed by atoms with Crippen LogP contribution in [0.4, 0.5) is 0 Å². The van der Waals surface area contributed by atoms with Gasteiger partial charge in [-0.05, 0) is 31.4 Å². The molecule has 4 heteroatoms. The lowest BCUT2D eigenvalue weighted by Crippen LogP contribution is -2.23. The first-order chi connectivity index (χ1) is 10.2. The van der Waals surface area contributed by atoms with Crippen LogP contribution in [0.5, 0.6) is 0 Å². The lowest BCUT2D eigenvalue weighted by atomic mass is 10.1. The van der Waals surface area contributed by atoms with E-state index < -0.39 is 0 Å². The van der Waals surface area contributed by atoms with E-state index in [1.807, 2.05) is 6.07 Å². The van der Waals surface area contributed by atoms with E-state index in [9.17, 15) is 0 Å². The third-order valence-electron chi connectivity index (χ3n) is 3.33. The molecule has 0 saturated heterocycles. The van der Waals surface area contributed by atoms with Crippen molar-refractivity contribution in [3.63, 3.8) is 0 Å². The van der Waals surface area contributed by atoms with E-state index in [-0.39, 0.29) is 0 Å². The molecule has 2 rings (SSSR count). The molecule has 0 fully saturated rings. The van der Waals surface area contributed by atoms with E-state index in [2.05, 4.69) is 53.6 Å². The normalized spacial score (nSPS) is 11.2. The molecule has 0 aliphatic heterocycles. The average Bonchev–Trinajstić information content (AvgIpc) is 2.92. The molecule has 0 aliphatic carbocycles. The predicted molar refractivity (Wildman–Crippen MR) is 84.2 cm³/mol. The Morgan fingerprint density at radius 2 is 1.62 bits per heavy atom. The SMILES string of the molecule is CC(C)NCCCc1nnc(CCCc2ccccc2)o1. The molecule has 2 aromatic rings. The average molecular weight is 287 g/mol. The highest BCUT2D eigenvalue weighted by Crippen LogP contribution is 2.08. The van der Waals surface area contributed by atoms with Crippen LogP contribution in [-0.2, 0) is 19.3 Å². The van der Waals surface area contributed by atoms with E-state index in [0.717, 1.165) is 50.4 Å². The second-order valence-corrected chi connectivity index (χ2v) is 5.64. The van der Waals surface area contributed by atoms with Crippen molar-refractivity contribution in [1.29, 1.82) is 0 Å². The molecule has 1 N–H and O–H groups in total. The monoisotopic (exact) mass is 287 g/mol. The number of nitrogens with one attached hydrogen (secondary N) is 1. The largest absolute Gasteiger partial charge is 0.425 e. The molecule has 0 atom stereocenters. The van der Waals surface area contributed by atoms with Crippen LogP contribution < -0.4 is 5.32 Å². The van der Waals surface area contributed by atoms with Gasteiger partial charge in [0, 0.05) is 18.9 Å². The van der Waals surface area contributed by atoms with E-state index in [1.54, 1.807) is 0 Å². The van der Waals surface area contributed by atoms with Gasteiger partial charge in [-0.2, -0.15) is 0 Å². The van der Waals surface area contributed by atoms with Gasteiger partial charge in [-0.25, -0.2) is 0 Å². The number of aromatic nitrogens is 2. The first-order valence-corrected chi connectivity index (χ1v) is 7.82. The summed E-state index contributed by atoms with van der Waals surface area (Å²) in [6.45, 7) is 5.29. The minimum absolute atomic E-state index is 0.529. The van der Waals surface area contributed by atoms with E-state index >= 15 is 0 Å². The molecule has 0 radical (unpaired) electrons. The van der Waals surface area contributed by atoms with Gasteiger partial charge >= 0.3 is 0 Å². The summed E-state index contributed by atoms with van der Waals surface area (Å²) < 4.78 is 5.68. The van der Waals surface area contributed by atoms with Gasteiger partial charge in [-0.3, -0.25) is 0 Å². The topological polar surface area (TPSA) is 51.0 Å². The van der Waals surface area contributed by atoms with Crippen LogP contribution in [0.25, 0.3) is 0 Å². The highest BCUT2D eigenvalue weighted by molar-refractivity contribution is 5.14. The molecular weight excluding hydrogens is 262 g/mol. The Kier molecular flexibility index (Phi) is 6.41. The molecule has 114 valence electrons. The molecule has 0 unspecified atom stereocenters. The predicted octanol–water partition coefficient (Wildman–Crippen LogP) is 3.18. The molecule has 4 nitrogen and oxygen atoms in total. The Bertz CT molecular complexity index is 508. The van der Waals surface area contributed by atoms with E-state index in [4.69, 9.17) is 4.42 Å². The summed E-state index contributed by atoms with van der Waals surface area (Å²) in [6, 6.07) is 11.0. The molecule has 21 heavy (non-hydrogen) atoms. The number of rotatable bonds is 9. The van der Waals surface area contributed by atoms with Crippen LogP contribution in [0.3, 0.4) is 0 Å². The third-order valence-corrected chi connectivity index (χ3v) is 3.33. The highest BCUT2D eigenvalue weighted by atomic mass is 16.4. The van der Waals surface area contributed by atoms with Crippen LogP contribution in [0.15, 0.2) is 34.7 Å². The smallest absolute Gasteiger partial charge is 0.216 e. The van der Waals surface area contributed by atoms with Crippen molar-refractivity contribution < 1.29 is 4.42 Å². The van der Waals surface area contributed by atoms with Crippen molar-refractivity contribution in [2.24, 2.45) is 0 Å². The second-order valence-electron chi connectivity index (χ2n) is 5.64. The van der Waals surface area contributed by atoms with Crippen LogP contribution in [0, 0.1) is 0 Å². The molecule has 0 spiro atoms. The van der Waals surface area contributed by atoms with Crippen molar-refractivity contribution in [1.82, 2.24) is 15.5 Å². The molecule has 1 heterocycles. The first kappa shape index (κ1) is 15.7. The van der Waals surface area contributed by atoms with Gasteiger partial charge in [0.15, 0.2) is 0 Å². The van der Waals surface area contributed by atoms with Crippen LogP contribution in [-0.4, -0.2) is 22.8 Å². The lowest BCUT2D eigenvalue weighted by Gasteiger charge is -2.05. The molecule has 0 aliphatic rings. The third kappa shape index (κ3) is 6.08. The fourth-order valence-electron chi connectivity index (χ4n) is 2.21. The van der Waals surface area contributed by atoms with Crippen LogP contribution in [0.2, 0.25) is 0 Å². The summed E-state index contributed by atoms with van der Waals surface area (Å²) in [5.41, 5.74) is 1.36. The fourth-order valence-corrected chi connectivity index (χ4v) is 2.21. The van der Waals surface area contributed by atoms with Gasteiger partial charge < -0.3 is 9.73 Å². The highest BCUT2D eigenvalue weighted by Gasteiger charge is 2.06. The first-order valence-electron chi connectivity index (χ1n) is 7.82. The van der Waals surface area contributed by atoms with Crippen molar-refractivity contribution in [2.45, 2.75) is 52.0 Å². The number of hydrogen-bond acceptors (Lipinski definition) is 4. The summed E-state index contributed by atoms with van der Waals surface area (Å²) in [4.78, 5) is 0. The molecular formula is C17H25N3O. The number of aryl methyl sites for hydroxylation is 3. The number of benzene rings is 1. The van der Waals surface area contributed by atoms with Gasteiger partial charge in [0.1, 0.15) is 0 Å². The zero-order valence-electron chi connectivity index (χ0n) is 13.0. The van der Waals surface area contributed by atoms with Gasteiger partial charge in [0.05, 0.1) is 0 Å². The molecule has 0 amide bonds. The molecule has 0 saturated carbocycles. The fraction of sp³-hybridized carbons (Fsp3) is 0.529. The zero-order chi connectivity index (χ0) is 14.9. The van der Waals surface area contributed by atoms with Gasteiger partial charge in [0.2, 0.25) is 11.8 Å². The van der Waals surface area contributed by atoms with Gasteiger partial charge in [-0.15, -0.1) is 10.2 Å². The second kappa shape index (κ2) is 8.57. The molecule has 1 aromatic heterocycles. The standard InChI is InChI=1S/C17H25N3O/c1-14(2)18-13-7-12-17-20-19-16(21-17)11-6-10-15-8-4-3-5-9-15/h3-5,8-9,14,18H,6-7,10-13H2,1-2H3. The van der Waals surface area contributed by atoms with Gasteiger partial charge in [-0.1, -0.05) is 44.2 Å². The van der Waals surface area contributed by atoms with Crippen LogP contribution in [0.1, 0.15) is 44.0 Å². The number of nitrogens with zero attached hydrogens (tertiary/aromatic N) is 2. The van der Waals surface area contributed by atoms with Crippen molar-refractivity contribution >= 4 is 0 Å². The van der Waals surface area contributed by atoms with Crippen molar-refractivity contribution in [3.8, 4) is 0 Å². The van der Waals surface area contributed by atoms with Crippen LogP contribution >= 0.6 is 0 Å². The maximum Gasteiger partial charge on any atom is 0.216 e. The summed E-state index contributed by atoms with van der Waals surface area (Å²) in [5, 5.41) is 11.6. The Labute approximate surface area is 127 Å². The molecule has 1 aromatic carbocycles. The summed E-state index contributed by atoms with van der Waals surface area (Å²) >= 11 is 0. The summed E-state index contributed by atoms with van der Waals surface area (Å²) in [7, 11) is 0. The van der Waals surface area contributed by atoms with Gasteiger partial charge in [0.25, 0.3) is 0 Å². The van der Waals surface area contributed by atoms with Crippen molar-refractivity contribution in [3.05, 3.63) is 47.7 Å². The lowest BCUT2D eigenvalue weighted by molar-refractivity contribution is 0.435. The molecule has 0 bridgehead atoms. The maximum absolute atomic E-state index is 5.68. The Morgan fingerprint density at radius 3 is 2.29 bits per heavy atom. The maximum atomic E-state index is 5.68. The Hall–Kier alpha value is -1.68. The zero-order valence-corrected chi connectivity index (χ0v) is 13.0. The summed E-state index contributed by atoms with van der Waals surface area (Å²) in [5.74, 6) is 1.52. The van der Waals surface area contributed by atoms with E-state index in [0.29, 0.717) is 6.04 Å². The van der Waals surface area contributed by atoms with E-state index in [1.165, 1.54) is 5.56 Å². The minimum Gasteiger partial charge on any atom is -0.425 e. The summed E-state index contributed by atoms with van der Waals surface area (Å²) in [6.07, 6.45) is 4.83. The van der Waals surface area contributed by atoms with Crippen molar-refractivity contribution in [2.75, 3.05) is 6.54 Å².